The summed E-state index contributed by atoms with van der Waals surface area (Å²) in [6.45, 7) is 6.90. The third-order valence-electron chi connectivity index (χ3n) is 6.27. The number of hydrogen-bond acceptors (Lipinski definition) is 6. The second-order valence-corrected chi connectivity index (χ2v) is 9.38. The van der Waals surface area contributed by atoms with Gasteiger partial charge in [0.05, 0.1) is 19.4 Å². The van der Waals surface area contributed by atoms with Gasteiger partial charge in [-0.2, -0.15) is 0 Å². The van der Waals surface area contributed by atoms with Crippen molar-refractivity contribution in [2.45, 2.75) is 52.5 Å². The zero-order valence-electron chi connectivity index (χ0n) is 20.8. The summed E-state index contributed by atoms with van der Waals surface area (Å²) < 4.78 is 10.5. The first-order valence-electron chi connectivity index (χ1n) is 12.2. The number of Topliss-reactive ketones (excluding diaryl/α,β-unsaturated/α-hetero) is 1. The van der Waals surface area contributed by atoms with E-state index in [9.17, 15) is 19.2 Å². The van der Waals surface area contributed by atoms with Crippen molar-refractivity contribution in [1.29, 1.82) is 0 Å². The van der Waals surface area contributed by atoms with Crippen molar-refractivity contribution < 1.29 is 28.7 Å². The molecule has 0 aliphatic carbocycles. The molecule has 1 aromatic heterocycles. The highest BCUT2D eigenvalue weighted by atomic mass is 16.5. The van der Waals surface area contributed by atoms with Gasteiger partial charge in [0.2, 0.25) is 11.8 Å². The number of ketones is 1. The van der Waals surface area contributed by atoms with Crippen LogP contribution in [0.1, 0.15) is 56.9 Å². The quantitative estimate of drug-likeness (QED) is 0.313. The van der Waals surface area contributed by atoms with E-state index in [0.29, 0.717) is 37.4 Å². The molecule has 0 bridgehead atoms. The molecular formula is C26H35N3O6. The Morgan fingerprint density at radius 1 is 1.23 bits per heavy atom. The molecule has 1 aliphatic heterocycles. The molecule has 190 valence electrons. The summed E-state index contributed by atoms with van der Waals surface area (Å²) in [6.07, 6.45) is 1.22. The first-order valence-corrected chi connectivity index (χ1v) is 12.2. The average molecular weight is 486 g/mol. The first kappa shape index (κ1) is 26.2. The number of aromatic amines is 1. The Morgan fingerprint density at radius 2 is 2.00 bits per heavy atom. The standard InChI is InChI=1S/C26H35N3O6/c1-5-35-23-8-6-7-19-18(23)14-20(28-19)22(30)13-17(11-15(2)3)25(32)29-21(26(33)34-4)12-16-9-10-27-24(16)31/h6-8,14-17,21,28H,5,9-13H2,1-4H3,(H,27,31)(H,29,32)/t16-,17+,21-/m0/s1. The zero-order valence-corrected chi connectivity index (χ0v) is 20.8. The van der Waals surface area contributed by atoms with Gasteiger partial charge in [-0.15, -0.1) is 0 Å². The summed E-state index contributed by atoms with van der Waals surface area (Å²) in [6, 6.07) is 6.37. The van der Waals surface area contributed by atoms with Crippen LogP contribution in [-0.4, -0.2) is 54.9 Å². The van der Waals surface area contributed by atoms with Gasteiger partial charge in [0, 0.05) is 35.7 Å². The van der Waals surface area contributed by atoms with Gasteiger partial charge >= 0.3 is 5.97 Å². The fourth-order valence-corrected chi connectivity index (χ4v) is 4.55. The van der Waals surface area contributed by atoms with E-state index in [2.05, 4.69) is 15.6 Å². The van der Waals surface area contributed by atoms with Crippen LogP contribution in [-0.2, 0) is 19.1 Å². The molecule has 9 heteroatoms. The van der Waals surface area contributed by atoms with Crippen molar-refractivity contribution in [1.82, 2.24) is 15.6 Å². The van der Waals surface area contributed by atoms with Crippen LogP contribution in [0.5, 0.6) is 5.75 Å². The average Bonchev–Trinajstić information content (AvgIpc) is 3.44. The van der Waals surface area contributed by atoms with E-state index in [1.165, 1.54) is 7.11 Å². The molecule has 0 spiro atoms. The van der Waals surface area contributed by atoms with Gasteiger partial charge < -0.3 is 25.1 Å². The van der Waals surface area contributed by atoms with E-state index in [0.717, 1.165) is 10.9 Å². The minimum atomic E-state index is -0.951. The number of H-pyrrole nitrogens is 1. The molecule has 3 rings (SSSR count). The molecule has 2 amide bonds. The summed E-state index contributed by atoms with van der Waals surface area (Å²) >= 11 is 0. The van der Waals surface area contributed by atoms with Crippen molar-refractivity contribution in [3.63, 3.8) is 0 Å². The highest BCUT2D eigenvalue weighted by molar-refractivity contribution is 6.02. The van der Waals surface area contributed by atoms with E-state index < -0.39 is 23.8 Å². The molecule has 0 saturated carbocycles. The molecule has 1 fully saturated rings. The number of carbonyl (C=O) groups is 4. The van der Waals surface area contributed by atoms with Crippen LogP contribution in [0, 0.1) is 17.8 Å². The minimum Gasteiger partial charge on any atom is -0.493 e. The van der Waals surface area contributed by atoms with Crippen LogP contribution in [0.15, 0.2) is 24.3 Å². The zero-order chi connectivity index (χ0) is 25.5. The lowest BCUT2D eigenvalue weighted by atomic mass is 9.90. The van der Waals surface area contributed by atoms with Gasteiger partial charge in [-0.1, -0.05) is 19.9 Å². The van der Waals surface area contributed by atoms with Crippen molar-refractivity contribution in [3.8, 4) is 5.75 Å². The Kier molecular flexibility index (Phi) is 8.89. The fraction of sp³-hybridized carbons (Fsp3) is 0.538. The number of esters is 1. The smallest absolute Gasteiger partial charge is 0.328 e. The van der Waals surface area contributed by atoms with Gasteiger partial charge in [0.1, 0.15) is 11.8 Å². The lowest BCUT2D eigenvalue weighted by Gasteiger charge is -2.23. The highest BCUT2D eigenvalue weighted by Gasteiger charge is 2.34. The van der Waals surface area contributed by atoms with Crippen LogP contribution in [0.25, 0.3) is 10.9 Å². The monoisotopic (exact) mass is 485 g/mol. The highest BCUT2D eigenvalue weighted by Crippen LogP contribution is 2.28. The second kappa shape index (κ2) is 11.9. The number of fused-ring (bicyclic) bond motifs is 1. The summed E-state index contributed by atoms with van der Waals surface area (Å²) in [5, 5.41) is 6.30. The third kappa shape index (κ3) is 6.61. The predicted molar refractivity (Wildman–Crippen MR) is 131 cm³/mol. The van der Waals surface area contributed by atoms with Gasteiger partial charge in [0.25, 0.3) is 0 Å². The third-order valence-corrected chi connectivity index (χ3v) is 6.27. The lowest BCUT2D eigenvalue weighted by molar-refractivity contribution is -0.146. The molecule has 2 aromatic rings. The van der Waals surface area contributed by atoms with E-state index in [4.69, 9.17) is 9.47 Å². The van der Waals surface area contributed by atoms with Crippen LogP contribution >= 0.6 is 0 Å². The number of nitrogens with one attached hydrogen (secondary N) is 3. The second-order valence-electron chi connectivity index (χ2n) is 9.38. The SMILES string of the molecule is CCOc1cccc2[nH]c(C(=O)C[C@@H](CC(C)C)C(=O)N[C@@H](C[C@@H]3CCNC3=O)C(=O)OC)cc12. The number of ether oxygens (including phenoxy) is 2. The first-order chi connectivity index (χ1) is 16.7. The Morgan fingerprint density at radius 3 is 2.63 bits per heavy atom. The van der Waals surface area contributed by atoms with Gasteiger partial charge in [-0.3, -0.25) is 14.4 Å². The van der Waals surface area contributed by atoms with Crippen LogP contribution < -0.4 is 15.4 Å². The van der Waals surface area contributed by atoms with Gasteiger partial charge in [-0.05, 0) is 50.3 Å². The minimum absolute atomic E-state index is 0.0153. The summed E-state index contributed by atoms with van der Waals surface area (Å²) in [5.74, 6) is -1.49. The normalized spacial score (nSPS) is 17.2. The maximum atomic E-state index is 13.2. The molecule has 9 nitrogen and oxygen atoms in total. The Bertz CT molecular complexity index is 1080. The van der Waals surface area contributed by atoms with E-state index in [-0.39, 0.29) is 36.4 Å². The number of benzene rings is 1. The molecular weight excluding hydrogens is 450 g/mol. The summed E-state index contributed by atoms with van der Waals surface area (Å²) in [5.41, 5.74) is 1.19. The molecule has 1 aromatic carbocycles. The molecule has 0 unspecified atom stereocenters. The fourth-order valence-electron chi connectivity index (χ4n) is 4.55. The van der Waals surface area contributed by atoms with E-state index in [1.54, 1.807) is 6.07 Å². The van der Waals surface area contributed by atoms with E-state index in [1.807, 2.05) is 39.0 Å². The van der Waals surface area contributed by atoms with Crippen LogP contribution in [0.2, 0.25) is 0 Å². The summed E-state index contributed by atoms with van der Waals surface area (Å²) in [7, 11) is 1.25. The van der Waals surface area contributed by atoms with Gasteiger partial charge in [-0.25, -0.2) is 4.79 Å². The predicted octanol–water partition coefficient (Wildman–Crippen LogP) is 2.99. The molecule has 3 atom stereocenters. The number of rotatable bonds is 12. The number of carbonyl (C=O) groups excluding carboxylic acids is 4. The number of aromatic nitrogens is 1. The van der Waals surface area contributed by atoms with Crippen molar-refractivity contribution in [2.24, 2.45) is 17.8 Å². The number of methoxy groups -OCH3 is 1. The largest absolute Gasteiger partial charge is 0.493 e. The number of amides is 2. The summed E-state index contributed by atoms with van der Waals surface area (Å²) in [4.78, 5) is 53.9. The van der Waals surface area contributed by atoms with Crippen molar-refractivity contribution >= 4 is 34.5 Å². The molecule has 2 heterocycles. The Balaban J connectivity index is 1.76. The maximum absolute atomic E-state index is 13.2. The molecule has 1 saturated heterocycles. The Hall–Kier alpha value is -3.36. The molecule has 35 heavy (non-hydrogen) atoms. The van der Waals surface area contributed by atoms with Gasteiger partial charge in [0.15, 0.2) is 5.78 Å². The topological polar surface area (TPSA) is 127 Å². The molecule has 3 N–H and O–H groups in total. The molecule has 0 radical (unpaired) electrons. The lowest BCUT2D eigenvalue weighted by Crippen LogP contribution is -2.46. The van der Waals surface area contributed by atoms with E-state index >= 15 is 0 Å². The van der Waals surface area contributed by atoms with Crippen LogP contribution in [0.3, 0.4) is 0 Å². The van der Waals surface area contributed by atoms with Crippen molar-refractivity contribution in [3.05, 3.63) is 30.0 Å². The van der Waals surface area contributed by atoms with Crippen molar-refractivity contribution in [2.75, 3.05) is 20.3 Å². The van der Waals surface area contributed by atoms with Crippen LogP contribution in [0.4, 0.5) is 0 Å². The molecule has 1 aliphatic rings. The number of hydrogen-bond donors (Lipinski definition) is 3. The Labute approximate surface area is 205 Å². The maximum Gasteiger partial charge on any atom is 0.328 e.